The monoisotopic (exact) mass is 439 g/mol. The Labute approximate surface area is 185 Å². The number of carbonyl (C=O) groups is 2. The van der Waals surface area contributed by atoms with E-state index in [1.807, 2.05) is 30.3 Å². The van der Waals surface area contributed by atoms with E-state index in [2.05, 4.69) is 10.3 Å². The molecule has 2 amide bonds. The number of anilines is 1. The van der Waals surface area contributed by atoms with Crippen LogP contribution in [0, 0.1) is 0 Å². The highest BCUT2D eigenvalue weighted by molar-refractivity contribution is 6.31. The SMILES string of the molecule is COc1ccc(Cl)cc1NC(=O)CN(C)C(=O)c1nc(-c2ccccc2)oc1C1CC1. The normalized spacial score (nSPS) is 13.0. The Morgan fingerprint density at radius 1 is 1.23 bits per heavy atom. The predicted octanol–water partition coefficient (Wildman–Crippen LogP) is 4.59. The van der Waals surface area contributed by atoms with Crippen molar-refractivity contribution in [3.63, 3.8) is 0 Å². The van der Waals surface area contributed by atoms with E-state index < -0.39 is 0 Å². The van der Waals surface area contributed by atoms with Crippen LogP contribution >= 0.6 is 11.6 Å². The predicted molar refractivity (Wildman–Crippen MR) is 118 cm³/mol. The third-order valence-electron chi connectivity index (χ3n) is 4.99. The number of benzene rings is 2. The zero-order chi connectivity index (χ0) is 22.0. The molecule has 0 spiro atoms. The van der Waals surface area contributed by atoms with E-state index in [9.17, 15) is 9.59 Å². The second-order valence-electron chi connectivity index (χ2n) is 7.43. The number of carbonyl (C=O) groups excluding carboxylic acids is 2. The summed E-state index contributed by atoms with van der Waals surface area (Å²) in [5, 5.41) is 3.20. The second-order valence-corrected chi connectivity index (χ2v) is 7.86. The van der Waals surface area contributed by atoms with Crippen molar-refractivity contribution in [2.24, 2.45) is 0 Å². The third-order valence-corrected chi connectivity index (χ3v) is 5.22. The first kappa shape index (κ1) is 20.9. The molecule has 0 saturated heterocycles. The van der Waals surface area contributed by atoms with Crippen molar-refractivity contribution in [1.82, 2.24) is 9.88 Å². The van der Waals surface area contributed by atoms with Crippen LogP contribution < -0.4 is 10.1 Å². The maximum atomic E-state index is 13.1. The molecule has 1 fully saturated rings. The molecule has 1 aliphatic rings. The van der Waals surface area contributed by atoms with Crippen LogP contribution in [0.25, 0.3) is 11.5 Å². The lowest BCUT2D eigenvalue weighted by molar-refractivity contribution is -0.116. The summed E-state index contributed by atoms with van der Waals surface area (Å²) in [5.41, 5.74) is 1.50. The van der Waals surface area contributed by atoms with Gasteiger partial charge in [0.15, 0.2) is 5.69 Å². The Morgan fingerprint density at radius 3 is 2.65 bits per heavy atom. The second kappa shape index (κ2) is 8.81. The molecule has 0 unspecified atom stereocenters. The van der Waals surface area contributed by atoms with Crippen molar-refractivity contribution in [3.05, 3.63) is 65.0 Å². The number of amides is 2. The highest BCUT2D eigenvalue weighted by Gasteiger charge is 2.35. The molecular formula is C23H22ClN3O4. The fourth-order valence-electron chi connectivity index (χ4n) is 3.25. The zero-order valence-corrected chi connectivity index (χ0v) is 18.0. The number of methoxy groups -OCH3 is 1. The van der Waals surface area contributed by atoms with Crippen molar-refractivity contribution in [1.29, 1.82) is 0 Å². The van der Waals surface area contributed by atoms with Gasteiger partial charge in [0.2, 0.25) is 11.8 Å². The molecule has 3 aromatic rings. The molecule has 2 aromatic carbocycles. The lowest BCUT2D eigenvalue weighted by Crippen LogP contribution is -2.35. The number of hydrogen-bond acceptors (Lipinski definition) is 5. The van der Waals surface area contributed by atoms with Gasteiger partial charge in [-0.1, -0.05) is 29.8 Å². The summed E-state index contributed by atoms with van der Waals surface area (Å²) in [6.07, 6.45) is 1.92. The molecule has 1 aromatic heterocycles. The van der Waals surface area contributed by atoms with Gasteiger partial charge in [0.1, 0.15) is 11.5 Å². The van der Waals surface area contributed by atoms with Gasteiger partial charge in [0.05, 0.1) is 19.3 Å². The topological polar surface area (TPSA) is 84.7 Å². The number of hydrogen-bond donors (Lipinski definition) is 1. The van der Waals surface area contributed by atoms with E-state index in [1.165, 1.54) is 12.0 Å². The first-order chi connectivity index (χ1) is 15.0. The molecular weight excluding hydrogens is 418 g/mol. The van der Waals surface area contributed by atoms with Gasteiger partial charge in [-0.3, -0.25) is 9.59 Å². The third kappa shape index (κ3) is 4.72. The number of halogens is 1. The van der Waals surface area contributed by atoms with Crippen molar-refractivity contribution in [2.75, 3.05) is 26.0 Å². The van der Waals surface area contributed by atoms with Crippen LogP contribution in [-0.4, -0.2) is 42.4 Å². The fourth-order valence-corrected chi connectivity index (χ4v) is 3.42. The molecule has 0 bridgehead atoms. The van der Waals surface area contributed by atoms with Gasteiger partial charge < -0.3 is 19.4 Å². The van der Waals surface area contributed by atoms with E-state index in [1.54, 1.807) is 25.2 Å². The summed E-state index contributed by atoms with van der Waals surface area (Å²) in [6.45, 7) is -0.161. The highest BCUT2D eigenvalue weighted by Crippen LogP contribution is 2.43. The molecule has 4 rings (SSSR count). The van der Waals surface area contributed by atoms with E-state index in [0.717, 1.165) is 18.4 Å². The van der Waals surface area contributed by atoms with Gasteiger partial charge in [0.25, 0.3) is 5.91 Å². The summed E-state index contributed by atoms with van der Waals surface area (Å²) >= 11 is 6.01. The maximum absolute atomic E-state index is 13.1. The van der Waals surface area contributed by atoms with Crippen LogP contribution in [-0.2, 0) is 4.79 Å². The molecule has 7 nitrogen and oxygen atoms in total. The van der Waals surface area contributed by atoms with Crippen LogP contribution in [0.1, 0.15) is 35.0 Å². The van der Waals surface area contributed by atoms with Crippen molar-refractivity contribution in [3.8, 4) is 17.2 Å². The number of nitrogens with one attached hydrogen (secondary N) is 1. The molecule has 0 radical (unpaired) electrons. The smallest absolute Gasteiger partial charge is 0.276 e. The number of ether oxygens (including phenoxy) is 1. The number of oxazole rings is 1. The van der Waals surface area contributed by atoms with Gasteiger partial charge in [-0.25, -0.2) is 4.98 Å². The molecule has 1 N–H and O–H groups in total. The summed E-state index contributed by atoms with van der Waals surface area (Å²) < 4.78 is 11.2. The fraction of sp³-hybridized carbons (Fsp3) is 0.261. The number of aromatic nitrogens is 1. The van der Waals surface area contributed by atoms with E-state index in [-0.39, 0.29) is 30.0 Å². The standard InChI is InChI=1S/C23H22ClN3O4/c1-27(13-19(28)25-17-12-16(24)10-11-18(17)30-2)23(29)20-21(14-8-9-14)31-22(26-20)15-6-4-3-5-7-15/h3-7,10-12,14H,8-9,13H2,1-2H3,(H,25,28). The molecule has 31 heavy (non-hydrogen) atoms. The van der Waals surface area contributed by atoms with Crippen LogP contribution in [0.15, 0.2) is 52.9 Å². The lowest BCUT2D eigenvalue weighted by Gasteiger charge is -2.17. The number of rotatable bonds is 7. The highest BCUT2D eigenvalue weighted by atomic mass is 35.5. The van der Waals surface area contributed by atoms with Crippen molar-refractivity contribution < 1.29 is 18.7 Å². The summed E-state index contributed by atoms with van der Waals surface area (Å²) in [4.78, 5) is 31.4. The lowest BCUT2D eigenvalue weighted by atomic mass is 10.2. The largest absolute Gasteiger partial charge is 0.495 e. The Hall–Kier alpha value is -3.32. The molecule has 1 heterocycles. The molecule has 160 valence electrons. The zero-order valence-electron chi connectivity index (χ0n) is 17.2. The van der Waals surface area contributed by atoms with Crippen molar-refractivity contribution in [2.45, 2.75) is 18.8 Å². The van der Waals surface area contributed by atoms with Crippen LogP contribution in [0.5, 0.6) is 5.75 Å². The minimum absolute atomic E-state index is 0.161. The van der Waals surface area contributed by atoms with Gasteiger partial charge in [-0.05, 0) is 43.2 Å². The van der Waals surface area contributed by atoms with Gasteiger partial charge in [-0.15, -0.1) is 0 Å². The van der Waals surface area contributed by atoms with Crippen LogP contribution in [0.2, 0.25) is 5.02 Å². The first-order valence-corrected chi connectivity index (χ1v) is 10.3. The Balaban J connectivity index is 1.50. The summed E-state index contributed by atoms with van der Waals surface area (Å²) in [6, 6.07) is 14.4. The minimum atomic E-state index is -0.379. The summed E-state index contributed by atoms with van der Waals surface area (Å²) in [7, 11) is 3.06. The van der Waals surface area contributed by atoms with Gasteiger partial charge in [-0.2, -0.15) is 0 Å². The molecule has 0 aliphatic heterocycles. The van der Waals surface area contributed by atoms with E-state index >= 15 is 0 Å². The first-order valence-electron chi connectivity index (χ1n) is 9.91. The van der Waals surface area contributed by atoms with Gasteiger partial charge in [0, 0.05) is 23.6 Å². The molecule has 0 atom stereocenters. The molecule has 8 heteroatoms. The Morgan fingerprint density at radius 2 is 1.97 bits per heavy atom. The Kier molecular flexibility index (Phi) is 5.95. The van der Waals surface area contributed by atoms with Crippen molar-refractivity contribution >= 4 is 29.1 Å². The molecule has 1 saturated carbocycles. The van der Waals surface area contributed by atoms with E-state index in [4.69, 9.17) is 20.8 Å². The Bertz CT molecular complexity index is 1110. The van der Waals surface area contributed by atoms with Gasteiger partial charge >= 0.3 is 0 Å². The minimum Gasteiger partial charge on any atom is -0.495 e. The maximum Gasteiger partial charge on any atom is 0.276 e. The summed E-state index contributed by atoms with van der Waals surface area (Å²) in [5.74, 6) is 0.936. The average Bonchev–Trinajstić information content (AvgIpc) is 3.52. The number of likely N-dealkylation sites (N-methyl/N-ethyl adjacent to an activating group) is 1. The molecule has 1 aliphatic carbocycles. The van der Waals surface area contributed by atoms with Crippen LogP contribution in [0.4, 0.5) is 5.69 Å². The quantitative estimate of drug-likeness (QED) is 0.582. The van der Waals surface area contributed by atoms with Crippen LogP contribution in [0.3, 0.4) is 0 Å². The van der Waals surface area contributed by atoms with E-state index in [0.29, 0.717) is 28.1 Å². The number of nitrogens with zero attached hydrogens (tertiary/aromatic N) is 2. The average molecular weight is 440 g/mol.